The fourth-order valence-electron chi connectivity index (χ4n) is 1.34. The monoisotopic (exact) mass is 255 g/mol. The van der Waals surface area contributed by atoms with E-state index in [0.29, 0.717) is 24.2 Å². The van der Waals surface area contributed by atoms with Gasteiger partial charge in [-0.2, -0.15) is 0 Å². The molecule has 1 rings (SSSR count). The standard InChI is InChI=1S/C12H17NO3S/c1-16-12(14)9-5-6-10-17(13,15)11-7-3-2-4-8-11/h2-4,7-8,10H,5-6,9H2,1H3,(H2,13,15). The normalized spacial score (nSPS) is 13.8. The molecule has 0 saturated heterocycles. The van der Waals surface area contributed by atoms with Gasteiger partial charge in [0.05, 0.1) is 16.8 Å². The van der Waals surface area contributed by atoms with Gasteiger partial charge in [0.25, 0.3) is 0 Å². The minimum atomic E-state index is -2.59. The summed E-state index contributed by atoms with van der Waals surface area (Å²) in [5.74, 6) is -0.262. The summed E-state index contributed by atoms with van der Waals surface area (Å²) in [5.41, 5.74) is 0. The summed E-state index contributed by atoms with van der Waals surface area (Å²) < 4.78 is 16.6. The predicted molar refractivity (Wildman–Crippen MR) is 69.0 cm³/mol. The van der Waals surface area contributed by atoms with Crippen LogP contribution in [0.4, 0.5) is 0 Å². The molecular weight excluding hydrogens is 238 g/mol. The molecule has 94 valence electrons. The first-order chi connectivity index (χ1) is 8.06. The molecule has 0 aliphatic heterocycles. The fourth-order valence-corrected chi connectivity index (χ4v) is 2.63. The van der Waals surface area contributed by atoms with E-state index in [0.717, 1.165) is 0 Å². The van der Waals surface area contributed by atoms with Crippen molar-refractivity contribution in [1.29, 1.82) is 0 Å². The van der Waals surface area contributed by atoms with Gasteiger partial charge < -0.3 is 4.74 Å². The molecule has 5 heteroatoms. The van der Waals surface area contributed by atoms with E-state index in [1.54, 1.807) is 29.6 Å². The van der Waals surface area contributed by atoms with Crippen LogP contribution in [0.15, 0.2) is 35.2 Å². The summed E-state index contributed by atoms with van der Waals surface area (Å²) in [6.07, 6.45) is 1.43. The second-order valence-corrected chi connectivity index (χ2v) is 5.70. The number of esters is 1. The maximum atomic E-state index is 12.1. The third-order valence-electron chi connectivity index (χ3n) is 2.29. The molecule has 0 radical (unpaired) electrons. The zero-order valence-corrected chi connectivity index (χ0v) is 10.6. The predicted octanol–water partition coefficient (Wildman–Crippen LogP) is 1.35. The maximum Gasteiger partial charge on any atom is 0.305 e. The van der Waals surface area contributed by atoms with Crippen molar-refractivity contribution < 1.29 is 13.7 Å². The Balaban J connectivity index is 2.60. The van der Waals surface area contributed by atoms with E-state index in [4.69, 9.17) is 5.14 Å². The van der Waals surface area contributed by atoms with Crippen molar-refractivity contribution in [3.05, 3.63) is 30.3 Å². The molecule has 0 aliphatic carbocycles. The summed E-state index contributed by atoms with van der Waals surface area (Å²) in [5, 5.41) is 7.32. The number of hydrogen-bond acceptors (Lipinski definition) is 3. The van der Waals surface area contributed by atoms with Crippen LogP contribution in [0, 0.1) is 0 Å². The largest absolute Gasteiger partial charge is 0.469 e. The quantitative estimate of drug-likeness (QED) is 0.490. The Morgan fingerprint density at radius 3 is 2.65 bits per heavy atom. The molecule has 4 nitrogen and oxygen atoms in total. The summed E-state index contributed by atoms with van der Waals surface area (Å²) in [7, 11) is -1.24. The highest BCUT2D eigenvalue weighted by Gasteiger charge is 2.04. The van der Waals surface area contributed by atoms with Crippen LogP contribution < -0.4 is 5.14 Å². The lowest BCUT2D eigenvalue weighted by Crippen LogP contribution is -2.15. The molecule has 0 aromatic heterocycles. The third kappa shape index (κ3) is 4.58. The van der Waals surface area contributed by atoms with Crippen molar-refractivity contribution >= 4 is 21.0 Å². The molecule has 0 aliphatic rings. The molecule has 17 heavy (non-hydrogen) atoms. The Morgan fingerprint density at radius 2 is 2.06 bits per heavy atom. The molecule has 0 saturated carbocycles. The SMILES string of the molecule is COC(=O)CCCC=S(N)(=O)c1ccccc1. The highest BCUT2D eigenvalue weighted by atomic mass is 32.2. The van der Waals surface area contributed by atoms with Gasteiger partial charge in [0.15, 0.2) is 0 Å². The maximum absolute atomic E-state index is 12.1. The van der Waals surface area contributed by atoms with Gasteiger partial charge in [-0.1, -0.05) is 18.2 Å². The van der Waals surface area contributed by atoms with Gasteiger partial charge in [0.1, 0.15) is 0 Å². The van der Waals surface area contributed by atoms with Gasteiger partial charge in [0.2, 0.25) is 0 Å². The summed E-state index contributed by atoms with van der Waals surface area (Å²) in [6, 6.07) is 8.91. The number of benzene rings is 1. The zero-order valence-electron chi connectivity index (χ0n) is 9.80. The van der Waals surface area contributed by atoms with E-state index in [1.807, 2.05) is 6.07 Å². The first kappa shape index (κ1) is 13.7. The van der Waals surface area contributed by atoms with Crippen molar-refractivity contribution in [3.63, 3.8) is 0 Å². The number of rotatable bonds is 5. The van der Waals surface area contributed by atoms with Crippen LogP contribution in [0.5, 0.6) is 0 Å². The molecule has 1 aromatic rings. The molecule has 0 amide bonds. The lowest BCUT2D eigenvalue weighted by atomic mass is 10.2. The number of carbonyl (C=O) groups is 1. The Hall–Kier alpha value is -1.33. The number of ether oxygens (including phenoxy) is 1. The van der Waals surface area contributed by atoms with Crippen molar-refractivity contribution in [1.82, 2.24) is 0 Å². The van der Waals surface area contributed by atoms with Gasteiger partial charge in [-0.25, -0.2) is 4.21 Å². The fraction of sp³-hybridized carbons (Fsp3) is 0.333. The van der Waals surface area contributed by atoms with E-state index in [-0.39, 0.29) is 5.97 Å². The van der Waals surface area contributed by atoms with E-state index in [1.165, 1.54) is 7.11 Å². The summed E-state index contributed by atoms with van der Waals surface area (Å²) in [4.78, 5) is 11.5. The van der Waals surface area contributed by atoms with Crippen molar-refractivity contribution in [2.24, 2.45) is 5.14 Å². The molecular formula is C12H17NO3S. The Bertz CT molecular complexity index is 476. The molecule has 0 spiro atoms. The van der Waals surface area contributed by atoms with Crippen LogP contribution in [0.3, 0.4) is 0 Å². The molecule has 0 heterocycles. The number of methoxy groups -OCH3 is 1. The third-order valence-corrected chi connectivity index (χ3v) is 4.03. The molecule has 1 atom stereocenters. The topological polar surface area (TPSA) is 69.4 Å². The van der Waals surface area contributed by atoms with Crippen LogP contribution in [0.25, 0.3) is 0 Å². The van der Waals surface area contributed by atoms with Crippen molar-refractivity contribution in [2.45, 2.75) is 24.2 Å². The zero-order chi connectivity index (χ0) is 12.7. The smallest absolute Gasteiger partial charge is 0.305 e. The van der Waals surface area contributed by atoms with Gasteiger partial charge in [-0.15, -0.1) is 0 Å². The van der Waals surface area contributed by atoms with Gasteiger partial charge in [-0.3, -0.25) is 9.93 Å². The lowest BCUT2D eigenvalue weighted by Gasteiger charge is -2.04. The number of nitrogens with two attached hydrogens (primary N) is 1. The number of carbonyl (C=O) groups excluding carboxylic acids is 1. The second-order valence-electron chi connectivity index (χ2n) is 3.60. The van der Waals surface area contributed by atoms with E-state index in [9.17, 15) is 9.00 Å². The number of unbranched alkanes of at least 4 members (excludes halogenated alkanes) is 1. The Labute approximate surface area is 102 Å². The van der Waals surface area contributed by atoms with E-state index < -0.39 is 9.71 Å². The molecule has 1 aromatic carbocycles. The summed E-state index contributed by atoms with van der Waals surface area (Å²) >= 11 is 0. The molecule has 2 N–H and O–H groups in total. The average molecular weight is 255 g/mol. The highest BCUT2D eigenvalue weighted by Crippen LogP contribution is 2.06. The molecule has 0 bridgehead atoms. The van der Waals surface area contributed by atoms with Crippen LogP contribution in [0.1, 0.15) is 19.3 Å². The van der Waals surface area contributed by atoms with Crippen LogP contribution in [-0.4, -0.2) is 22.7 Å². The minimum absolute atomic E-state index is 0.262. The van der Waals surface area contributed by atoms with Crippen LogP contribution >= 0.6 is 0 Å². The van der Waals surface area contributed by atoms with Gasteiger partial charge in [0, 0.05) is 11.3 Å². The van der Waals surface area contributed by atoms with Gasteiger partial charge in [-0.05, 0) is 30.3 Å². The molecule has 1 unspecified atom stereocenters. The Kier molecular flexibility index (Phi) is 5.18. The van der Waals surface area contributed by atoms with E-state index >= 15 is 0 Å². The van der Waals surface area contributed by atoms with Gasteiger partial charge >= 0.3 is 5.97 Å². The minimum Gasteiger partial charge on any atom is -0.469 e. The van der Waals surface area contributed by atoms with Crippen LogP contribution in [0.2, 0.25) is 0 Å². The summed E-state index contributed by atoms with van der Waals surface area (Å²) in [6.45, 7) is 0. The Morgan fingerprint density at radius 1 is 1.41 bits per heavy atom. The van der Waals surface area contributed by atoms with Crippen molar-refractivity contribution in [3.8, 4) is 0 Å². The van der Waals surface area contributed by atoms with Crippen molar-refractivity contribution in [2.75, 3.05) is 7.11 Å². The first-order valence-corrected chi connectivity index (χ1v) is 7.02. The average Bonchev–Trinajstić information content (AvgIpc) is 2.35. The number of hydrogen-bond donors (Lipinski definition) is 1. The lowest BCUT2D eigenvalue weighted by molar-refractivity contribution is -0.140. The van der Waals surface area contributed by atoms with E-state index in [2.05, 4.69) is 4.74 Å². The second kappa shape index (κ2) is 6.42. The van der Waals surface area contributed by atoms with Crippen LogP contribution in [-0.2, 0) is 19.2 Å². The highest BCUT2D eigenvalue weighted by molar-refractivity contribution is 7.99. The molecule has 0 fully saturated rings. The first-order valence-electron chi connectivity index (χ1n) is 5.33.